The molecule has 5 nitrogen and oxygen atoms in total. The number of para-hydroxylation sites is 1. The van der Waals surface area contributed by atoms with E-state index in [-0.39, 0.29) is 33.8 Å². The smallest absolute Gasteiger partial charge is 0.198 e. The van der Waals surface area contributed by atoms with Gasteiger partial charge in [-0.05, 0) is 24.3 Å². The zero-order valence-corrected chi connectivity index (χ0v) is 12.9. The Labute approximate surface area is 143 Å². The number of hydrogen-bond acceptors (Lipinski definition) is 5. The Morgan fingerprint density at radius 1 is 0.640 bits per heavy atom. The highest BCUT2D eigenvalue weighted by Crippen LogP contribution is 2.38. The summed E-state index contributed by atoms with van der Waals surface area (Å²) in [4.78, 5) is 36.1. The molecule has 0 atom stereocenters. The molecule has 0 aromatic heterocycles. The van der Waals surface area contributed by atoms with Crippen molar-refractivity contribution in [3.8, 4) is 17.2 Å². The highest BCUT2D eigenvalue weighted by atomic mass is 17.2. The summed E-state index contributed by atoms with van der Waals surface area (Å²) >= 11 is 0. The number of fused-ring (bicyclic) bond motifs is 2. The Bertz CT molecular complexity index is 992. The summed E-state index contributed by atoms with van der Waals surface area (Å²) in [5, 5.41) is 10.1. The van der Waals surface area contributed by atoms with Crippen molar-refractivity contribution in [2.75, 3.05) is 0 Å². The SMILES string of the molecule is O=C1c2ccccc2C(=O)c2c(OOc3ccccc3)ccc(O)c21. The molecule has 1 aliphatic rings. The second-order valence-corrected chi connectivity index (χ2v) is 5.52. The lowest BCUT2D eigenvalue weighted by atomic mass is 9.83. The standard InChI is InChI=1S/C20H12O5/c21-15-10-11-16(25-24-12-6-2-1-3-7-12)18-17(15)19(22)13-8-4-5-9-14(13)20(18)23/h1-11,21H. The van der Waals surface area contributed by atoms with E-state index in [1.807, 2.05) is 6.07 Å². The van der Waals surface area contributed by atoms with Crippen molar-refractivity contribution < 1.29 is 24.5 Å². The molecule has 25 heavy (non-hydrogen) atoms. The largest absolute Gasteiger partial charge is 0.507 e. The van der Waals surface area contributed by atoms with Crippen LogP contribution in [0.25, 0.3) is 0 Å². The Morgan fingerprint density at radius 2 is 1.24 bits per heavy atom. The number of carbonyl (C=O) groups excluding carboxylic acids is 2. The first kappa shape index (κ1) is 15.0. The summed E-state index contributed by atoms with van der Waals surface area (Å²) in [6.45, 7) is 0. The first-order valence-electron chi connectivity index (χ1n) is 7.61. The number of aromatic hydroxyl groups is 1. The molecule has 0 saturated carbocycles. The van der Waals surface area contributed by atoms with E-state index in [4.69, 9.17) is 9.78 Å². The second-order valence-electron chi connectivity index (χ2n) is 5.52. The molecule has 0 aliphatic heterocycles. The molecule has 0 fully saturated rings. The normalized spacial score (nSPS) is 12.3. The molecule has 0 bridgehead atoms. The van der Waals surface area contributed by atoms with Gasteiger partial charge in [-0.15, -0.1) is 0 Å². The van der Waals surface area contributed by atoms with Crippen LogP contribution >= 0.6 is 0 Å². The molecule has 0 saturated heterocycles. The number of ketones is 2. The van der Waals surface area contributed by atoms with Crippen LogP contribution in [-0.4, -0.2) is 16.7 Å². The van der Waals surface area contributed by atoms with Crippen LogP contribution in [0.2, 0.25) is 0 Å². The molecular formula is C20H12O5. The molecule has 3 aromatic rings. The second kappa shape index (κ2) is 5.79. The number of benzene rings is 3. The van der Waals surface area contributed by atoms with Gasteiger partial charge in [0.05, 0.1) is 11.1 Å². The van der Waals surface area contributed by atoms with Gasteiger partial charge >= 0.3 is 0 Å². The van der Waals surface area contributed by atoms with Crippen LogP contribution in [0, 0.1) is 0 Å². The zero-order chi connectivity index (χ0) is 17.4. The van der Waals surface area contributed by atoms with Crippen LogP contribution in [0.1, 0.15) is 31.8 Å². The summed E-state index contributed by atoms with van der Waals surface area (Å²) in [6, 6.07) is 17.9. The van der Waals surface area contributed by atoms with Crippen LogP contribution in [0.15, 0.2) is 66.7 Å². The third-order valence-electron chi connectivity index (χ3n) is 3.99. The predicted octanol–water partition coefficient (Wildman–Crippen LogP) is 3.54. The van der Waals surface area contributed by atoms with Gasteiger partial charge in [0.15, 0.2) is 23.1 Å². The van der Waals surface area contributed by atoms with Crippen molar-refractivity contribution in [2.24, 2.45) is 0 Å². The Hall–Kier alpha value is -3.60. The monoisotopic (exact) mass is 332 g/mol. The highest BCUT2D eigenvalue weighted by Gasteiger charge is 2.35. The first-order chi connectivity index (χ1) is 12.2. The van der Waals surface area contributed by atoms with Gasteiger partial charge in [0, 0.05) is 11.1 Å². The first-order valence-corrected chi connectivity index (χ1v) is 7.61. The van der Waals surface area contributed by atoms with Gasteiger partial charge in [0.1, 0.15) is 5.75 Å². The fourth-order valence-electron chi connectivity index (χ4n) is 2.81. The van der Waals surface area contributed by atoms with Gasteiger partial charge < -0.3 is 5.11 Å². The van der Waals surface area contributed by atoms with Crippen molar-refractivity contribution in [3.05, 3.63) is 89.0 Å². The maximum Gasteiger partial charge on any atom is 0.198 e. The molecule has 122 valence electrons. The van der Waals surface area contributed by atoms with Gasteiger partial charge in [0.25, 0.3) is 0 Å². The van der Waals surface area contributed by atoms with Gasteiger partial charge in [-0.25, -0.2) is 0 Å². The lowest BCUT2D eigenvalue weighted by Gasteiger charge is -2.20. The highest BCUT2D eigenvalue weighted by molar-refractivity contribution is 6.30. The van der Waals surface area contributed by atoms with E-state index in [1.54, 1.807) is 48.5 Å². The molecule has 5 heteroatoms. The Kier molecular flexibility index (Phi) is 3.47. The van der Waals surface area contributed by atoms with Crippen LogP contribution < -0.4 is 9.78 Å². The Morgan fingerprint density at radius 3 is 1.92 bits per heavy atom. The van der Waals surface area contributed by atoms with Crippen molar-refractivity contribution >= 4 is 11.6 Å². The van der Waals surface area contributed by atoms with E-state index in [9.17, 15) is 14.7 Å². The molecule has 4 rings (SSSR count). The number of phenols is 1. The number of hydrogen-bond donors (Lipinski definition) is 1. The van der Waals surface area contributed by atoms with E-state index in [1.165, 1.54) is 12.1 Å². The van der Waals surface area contributed by atoms with E-state index < -0.39 is 11.6 Å². The average molecular weight is 332 g/mol. The van der Waals surface area contributed by atoms with Gasteiger partial charge in [-0.2, -0.15) is 0 Å². The molecule has 1 N–H and O–H groups in total. The van der Waals surface area contributed by atoms with Crippen molar-refractivity contribution in [2.45, 2.75) is 0 Å². The summed E-state index contributed by atoms with van der Waals surface area (Å²) in [5.41, 5.74) is 0.462. The van der Waals surface area contributed by atoms with Crippen molar-refractivity contribution in [1.82, 2.24) is 0 Å². The van der Waals surface area contributed by atoms with Crippen LogP contribution in [-0.2, 0) is 0 Å². The third-order valence-corrected chi connectivity index (χ3v) is 3.99. The fourth-order valence-corrected chi connectivity index (χ4v) is 2.81. The lowest BCUT2D eigenvalue weighted by Crippen LogP contribution is -2.22. The molecule has 0 radical (unpaired) electrons. The van der Waals surface area contributed by atoms with E-state index in [0.717, 1.165) is 0 Å². The van der Waals surface area contributed by atoms with Crippen LogP contribution in [0.3, 0.4) is 0 Å². The maximum absolute atomic E-state index is 12.8. The molecule has 1 aliphatic carbocycles. The van der Waals surface area contributed by atoms with Gasteiger partial charge in [-0.3, -0.25) is 19.4 Å². The number of carbonyl (C=O) groups is 2. The van der Waals surface area contributed by atoms with Crippen LogP contribution in [0.5, 0.6) is 17.2 Å². The predicted molar refractivity (Wildman–Crippen MR) is 89.1 cm³/mol. The maximum atomic E-state index is 12.8. The van der Waals surface area contributed by atoms with Gasteiger partial charge in [-0.1, -0.05) is 42.5 Å². The Balaban J connectivity index is 1.79. The topological polar surface area (TPSA) is 72.8 Å². The minimum atomic E-state index is -0.423. The van der Waals surface area contributed by atoms with E-state index >= 15 is 0 Å². The molecular weight excluding hydrogens is 320 g/mol. The molecule has 0 spiro atoms. The zero-order valence-electron chi connectivity index (χ0n) is 12.9. The molecule has 3 aromatic carbocycles. The van der Waals surface area contributed by atoms with Gasteiger partial charge in [0.2, 0.25) is 0 Å². The van der Waals surface area contributed by atoms with Crippen LogP contribution in [0.4, 0.5) is 0 Å². The van der Waals surface area contributed by atoms with E-state index in [2.05, 4.69) is 0 Å². The number of phenolic OH excluding ortho intramolecular Hbond substituents is 1. The molecule has 0 unspecified atom stereocenters. The minimum Gasteiger partial charge on any atom is -0.507 e. The van der Waals surface area contributed by atoms with E-state index in [0.29, 0.717) is 5.75 Å². The third kappa shape index (κ3) is 2.42. The quantitative estimate of drug-likeness (QED) is 0.459. The summed E-state index contributed by atoms with van der Waals surface area (Å²) < 4.78 is 0. The number of rotatable bonds is 3. The molecule has 0 heterocycles. The van der Waals surface area contributed by atoms with Crippen molar-refractivity contribution in [1.29, 1.82) is 0 Å². The summed E-state index contributed by atoms with van der Waals surface area (Å²) in [6.07, 6.45) is 0. The fraction of sp³-hybridized carbons (Fsp3) is 0. The summed E-state index contributed by atoms with van der Waals surface area (Å²) in [5.74, 6) is -0.570. The van der Waals surface area contributed by atoms with Crippen molar-refractivity contribution in [3.63, 3.8) is 0 Å². The minimum absolute atomic E-state index is 0.000342. The average Bonchev–Trinajstić information content (AvgIpc) is 2.66. The lowest BCUT2D eigenvalue weighted by molar-refractivity contribution is -0.100. The summed E-state index contributed by atoms with van der Waals surface area (Å²) in [7, 11) is 0. The molecule has 0 amide bonds.